The number of hydrogen-bond acceptors (Lipinski definition) is 2. The van der Waals surface area contributed by atoms with Crippen LogP contribution in [0.1, 0.15) is 28.2 Å². The van der Waals surface area contributed by atoms with E-state index >= 15 is 0 Å². The van der Waals surface area contributed by atoms with E-state index in [9.17, 15) is 0 Å². The van der Waals surface area contributed by atoms with Gasteiger partial charge in [-0.2, -0.15) is 0 Å². The molecular formula is C7H20OS. The highest BCUT2D eigenvalue weighted by molar-refractivity contribution is 7.98. The van der Waals surface area contributed by atoms with Gasteiger partial charge in [0.15, 0.2) is 0 Å². The maximum atomic E-state index is 5.09. The fraction of sp³-hybridized carbons (Fsp3) is 1.00. The fourth-order valence-corrected chi connectivity index (χ4v) is 0.571. The molecule has 0 saturated heterocycles. The highest BCUT2D eigenvalue weighted by Gasteiger charge is 1.77. The first-order valence-corrected chi connectivity index (χ1v) is 3.88. The van der Waals surface area contributed by atoms with Crippen LogP contribution in [0.25, 0.3) is 0 Å². The lowest BCUT2D eigenvalue weighted by molar-refractivity contribution is 0.184. The Morgan fingerprint density at radius 2 is 1.89 bits per heavy atom. The van der Waals surface area contributed by atoms with E-state index in [1.165, 1.54) is 0 Å². The van der Waals surface area contributed by atoms with Crippen molar-refractivity contribution < 1.29 is 4.74 Å². The van der Waals surface area contributed by atoms with Gasteiger partial charge in [0.25, 0.3) is 0 Å². The smallest absolute Gasteiger partial charge is 0.0918 e. The third kappa shape index (κ3) is 17.8. The summed E-state index contributed by atoms with van der Waals surface area (Å²) in [6.45, 7) is 3.02. The summed E-state index contributed by atoms with van der Waals surface area (Å²) < 4.78 is 5.09. The zero-order valence-electron chi connectivity index (χ0n) is 4.94. The van der Waals surface area contributed by atoms with Crippen molar-refractivity contribution >= 4 is 11.8 Å². The highest BCUT2D eigenvalue weighted by Crippen LogP contribution is 1.91. The molecular weight excluding hydrogens is 132 g/mol. The van der Waals surface area contributed by atoms with Gasteiger partial charge in [-0.25, -0.2) is 0 Å². The summed E-state index contributed by atoms with van der Waals surface area (Å²) in [5, 5.41) is 0. The molecule has 0 bridgehead atoms. The predicted molar refractivity (Wildman–Crippen MR) is 48.1 cm³/mol. The predicted octanol–water partition coefficient (Wildman–Crippen LogP) is 3.01. The molecule has 0 N–H and O–H groups in total. The summed E-state index contributed by atoms with van der Waals surface area (Å²) in [6.07, 6.45) is 3.16. The van der Waals surface area contributed by atoms with Gasteiger partial charge in [0, 0.05) is 6.61 Å². The molecule has 9 heavy (non-hydrogen) atoms. The van der Waals surface area contributed by atoms with Crippen molar-refractivity contribution in [1.82, 2.24) is 0 Å². The van der Waals surface area contributed by atoms with Crippen LogP contribution in [-0.4, -0.2) is 18.8 Å². The number of thioether (sulfide) groups is 1. The fourth-order valence-electron chi connectivity index (χ4n) is 0.287. The maximum Gasteiger partial charge on any atom is 0.0918 e. The van der Waals surface area contributed by atoms with Crippen LogP contribution in [0, 0.1) is 0 Å². The summed E-state index contributed by atoms with van der Waals surface area (Å²) in [4.78, 5) is 0. The molecule has 0 aliphatic rings. The Labute approximate surface area is 64.2 Å². The van der Waals surface area contributed by atoms with Crippen LogP contribution in [0.4, 0.5) is 0 Å². The van der Waals surface area contributed by atoms with Crippen molar-refractivity contribution in [2.75, 3.05) is 18.8 Å². The minimum Gasteiger partial charge on any atom is -0.371 e. The van der Waals surface area contributed by atoms with E-state index in [1.54, 1.807) is 11.8 Å². The topological polar surface area (TPSA) is 9.23 Å². The quantitative estimate of drug-likeness (QED) is 0.452. The van der Waals surface area contributed by atoms with Crippen molar-refractivity contribution in [3.8, 4) is 0 Å². The summed E-state index contributed by atoms with van der Waals surface area (Å²) in [7, 11) is 0. The minimum atomic E-state index is 0. The summed E-state index contributed by atoms with van der Waals surface area (Å²) in [5.41, 5.74) is 0. The first kappa shape index (κ1) is 16.1. The van der Waals surface area contributed by atoms with Gasteiger partial charge in [0.2, 0.25) is 0 Å². The average molecular weight is 152 g/mol. The van der Waals surface area contributed by atoms with E-state index in [2.05, 4.69) is 6.92 Å². The van der Waals surface area contributed by atoms with Gasteiger partial charge in [-0.3, -0.25) is 0 Å². The Hall–Kier alpha value is 0.310. The van der Waals surface area contributed by atoms with Crippen molar-refractivity contribution in [3.63, 3.8) is 0 Å². The molecule has 2 heteroatoms. The normalized spacial score (nSPS) is 7.33. The second-order valence-corrected chi connectivity index (χ2v) is 2.13. The molecule has 0 aromatic rings. The third-order valence-corrected chi connectivity index (χ3v) is 0.952. The molecule has 0 aromatic heterocycles. The monoisotopic (exact) mass is 152 g/mol. The number of ether oxygens (including phenoxy) is 1. The number of hydrogen-bond donors (Lipinski definition) is 0. The van der Waals surface area contributed by atoms with Gasteiger partial charge in [-0.15, -0.1) is 11.8 Å². The lowest BCUT2D eigenvalue weighted by Gasteiger charge is -1.95. The van der Waals surface area contributed by atoms with Crippen LogP contribution < -0.4 is 0 Å². The molecule has 1 nitrogen and oxygen atoms in total. The second-order valence-electron chi connectivity index (χ2n) is 1.31. The number of rotatable bonds is 4. The van der Waals surface area contributed by atoms with Gasteiger partial charge in [-0.1, -0.05) is 21.8 Å². The molecule has 0 fully saturated rings. The average Bonchev–Trinajstić information content (AvgIpc) is 1.69. The zero-order valence-corrected chi connectivity index (χ0v) is 5.75. The van der Waals surface area contributed by atoms with Crippen LogP contribution in [0.5, 0.6) is 0 Å². The van der Waals surface area contributed by atoms with Crippen LogP contribution >= 0.6 is 11.8 Å². The molecule has 0 unspecified atom stereocenters. The highest BCUT2D eigenvalue weighted by atomic mass is 32.2. The molecule has 0 amide bonds. The molecule has 0 aliphatic heterocycles. The Kier molecular flexibility index (Phi) is 28.3. The van der Waals surface area contributed by atoms with E-state index in [1.807, 2.05) is 6.26 Å². The van der Waals surface area contributed by atoms with E-state index in [0.29, 0.717) is 0 Å². The lowest BCUT2D eigenvalue weighted by atomic mass is 10.5. The molecule has 0 aromatic carbocycles. The maximum absolute atomic E-state index is 5.09. The van der Waals surface area contributed by atoms with Crippen molar-refractivity contribution in [2.45, 2.75) is 28.2 Å². The second kappa shape index (κ2) is 15.7. The van der Waals surface area contributed by atoms with E-state index in [-0.39, 0.29) is 14.9 Å². The Morgan fingerprint density at radius 1 is 1.33 bits per heavy atom. The molecule has 0 aliphatic carbocycles. The Bertz CT molecular complexity index is 28.1. The van der Waals surface area contributed by atoms with Crippen molar-refractivity contribution in [1.29, 1.82) is 0 Å². The molecule has 0 saturated carbocycles. The molecule has 0 heterocycles. The molecule has 0 spiro atoms. The van der Waals surface area contributed by atoms with Crippen molar-refractivity contribution in [2.24, 2.45) is 0 Å². The van der Waals surface area contributed by atoms with Gasteiger partial charge in [-0.05, 0) is 12.7 Å². The summed E-state index contributed by atoms with van der Waals surface area (Å²) in [6, 6.07) is 0. The van der Waals surface area contributed by atoms with Gasteiger partial charge >= 0.3 is 0 Å². The van der Waals surface area contributed by atoms with Gasteiger partial charge in [0.1, 0.15) is 0 Å². The van der Waals surface area contributed by atoms with Gasteiger partial charge < -0.3 is 4.74 Å². The third-order valence-electron chi connectivity index (χ3n) is 0.550. The SMILES string of the molecule is C.C.CCCOCSC. The minimum absolute atomic E-state index is 0. The largest absolute Gasteiger partial charge is 0.371 e. The summed E-state index contributed by atoms with van der Waals surface area (Å²) >= 11 is 1.72. The molecule has 0 radical (unpaired) electrons. The first-order chi connectivity index (χ1) is 3.41. The van der Waals surface area contributed by atoms with Crippen molar-refractivity contribution in [3.05, 3.63) is 0 Å². The standard InChI is InChI=1S/C5H12OS.2CH4/c1-3-4-6-5-7-2;;/h3-5H2,1-2H3;2*1H4. The Morgan fingerprint density at radius 3 is 2.22 bits per heavy atom. The van der Waals surface area contributed by atoms with E-state index in [0.717, 1.165) is 19.0 Å². The van der Waals surface area contributed by atoms with Crippen LogP contribution in [0.2, 0.25) is 0 Å². The van der Waals surface area contributed by atoms with Crippen LogP contribution in [-0.2, 0) is 4.74 Å². The van der Waals surface area contributed by atoms with E-state index in [4.69, 9.17) is 4.74 Å². The molecule has 0 atom stereocenters. The summed E-state index contributed by atoms with van der Waals surface area (Å²) in [5.74, 6) is 0.841. The van der Waals surface area contributed by atoms with E-state index < -0.39 is 0 Å². The Balaban J connectivity index is -0.000000180. The molecule has 60 valence electrons. The zero-order chi connectivity index (χ0) is 5.54. The molecule has 0 rings (SSSR count). The van der Waals surface area contributed by atoms with Crippen LogP contribution in [0.3, 0.4) is 0 Å². The van der Waals surface area contributed by atoms with Gasteiger partial charge in [0.05, 0.1) is 5.94 Å². The lowest BCUT2D eigenvalue weighted by Crippen LogP contribution is -1.89. The van der Waals surface area contributed by atoms with Crippen LogP contribution in [0.15, 0.2) is 0 Å². The first-order valence-electron chi connectivity index (χ1n) is 2.48.